The number of aromatic nitrogens is 3. The third-order valence-corrected chi connectivity index (χ3v) is 5.93. The number of rotatable bonds is 7. The first kappa shape index (κ1) is 19.2. The van der Waals surface area contributed by atoms with Crippen LogP contribution in [0.1, 0.15) is 18.3 Å². The minimum absolute atomic E-state index is 0.0321. The second kappa shape index (κ2) is 8.92. The minimum Gasteiger partial charge on any atom is -0.326 e. The van der Waals surface area contributed by atoms with Crippen LogP contribution in [-0.4, -0.2) is 26.3 Å². The molecule has 0 bridgehead atoms. The standard InChI is InChI=1S/C23H22N4OS/c1-17(16-29-20-7-3-2-4-8-20)23(28)24-19-12-10-18(11-13-19)15-22-26-25-21-9-5-6-14-27(21)22/h2-14,17H,15-16H2,1H3,(H,24,28). The Labute approximate surface area is 174 Å². The molecule has 2 aromatic heterocycles. The first-order valence-corrected chi connectivity index (χ1v) is 10.5. The Kier molecular flexibility index (Phi) is 5.91. The van der Waals surface area contributed by atoms with Gasteiger partial charge >= 0.3 is 0 Å². The summed E-state index contributed by atoms with van der Waals surface area (Å²) >= 11 is 1.70. The summed E-state index contributed by atoms with van der Waals surface area (Å²) in [4.78, 5) is 13.7. The van der Waals surface area contributed by atoms with E-state index in [0.717, 1.165) is 28.5 Å². The normalized spacial score (nSPS) is 12.0. The number of thioether (sulfide) groups is 1. The van der Waals surface area contributed by atoms with E-state index in [1.807, 2.05) is 78.2 Å². The molecule has 1 N–H and O–H groups in total. The van der Waals surface area contributed by atoms with Gasteiger partial charge in [-0.1, -0.05) is 43.3 Å². The fourth-order valence-corrected chi connectivity index (χ4v) is 3.92. The molecule has 0 radical (unpaired) electrons. The van der Waals surface area contributed by atoms with Crippen molar-refractivity contribution in [2.24, 2.45) is 5.92 Å². The van der Waals surface area contributed by atoms with E-state index in [2.05, 4.69) is 27.6 Å². The van der Waals surface area contributed by atoms with Crippen LogP contribution in [0.25, 0.3) is 5.65 Å². The van der Waals surface area contributed by atoms with Gasteiger partial charge in [0.2, 0.25) is 5.91 Å². The van der Waals surface area contributed by atoms with Crippen molar-refractivity contribution in [3.8, 4) is 0 Å². The van der Waals surface area contributed by atoms with Crippen molar-refractivity contribution < 1.29 is 4.79 Å². The van der Waals surface area contributed by atoms with Crippen molar-refractivity contribution in [2.75, 3.05) is 11.1 Å². The fraction of sp³-hybridized carbons (Fsp3) is 0.174. The van der Waals surface area contributed by atoms with E-state index in [1.54, 1.807) is 11.8 Å². The molecule has 5 nitrogen and oxygen atoms in total. The number of benzene rings is 2. The van der Waals surface area contributed by atoms with E-state index in [1.165, 1.54) is 4.90 Å². The lowest BCUT2D eigenvalue weighted by Crippen LogP contribution is -2.22. The molecule has 1 atom stereocenters. The van der Waals surface area contributed by atoms with Crippen LogP contribution in [0.4, 0.5) is 5.69 Å². The molecule has 0 fully saturated rings. The summed E-state index contributed by atoms with van der Waals surface area (Å²) in [5, 5.41) is 11.5. The van der Waals surface area contributed by atoms with Crippen molar-refractivity contribution in [1.29, 1.82) is 0 Å². The van der Waals surface area contributed by atoms with Gasteiger partial charge in [-0.2, -0.15) is 0 Å². The second-order valence-corrected chi connectivity index (χ2v) is 8.03. The van der Waals surface area contributed by atoms with E-state index in [4.69, 9.17) is 0 Å². The smallest absolute Gasteiger partial charge is 0.228 e. The molecule has 2 aromatic carbocycles. The van der Waals surface area contributed by atoms with Crippen molar-refractivity contribution >= 4 is 29.0 Å². The predicted octanol–water partition coefficient (Wildman–Crippen LogP) is 4.69. The van der Waals surface area contributed by atoms with Gasteiger partial charge < -0.3 is 5.32 Å². The first-order chi connectivity index (χ1) is 14.2. The van der Waals surface area contributed by atoms with Crippen molar-refractivity contribution in [2.45, 2.75) is 18.2 Å². The van der Waals surface area contributed by atoms with E-state index in [-0.39, 0.29) is 11.8 Å². The largest absolute Gasteiger partial charge is 0.326 e. The molecule has 0 saturated heterocycles. The van der Waals surface area contributed by atoms with E-state index >= 15 is 0 Å². The Bertz CT molecular complexity index is 1090. The lowest BCUT2D eigenvalue weighted by Gasteiger charge is -2.12. The summed E-state index contributed by atoms with van der Waals surface area (Å²) in [5.41, 5.74) is 2.77. The number of anilines is 1. The third kappa shape index (κ3) is 4.84. The van der Waals surface area contributed by atoms with Gasteiger partial charge in [-0.05, 0) is 42.0 Å². The van der Waals surface area contributed by atoms with Crippen LogP contribution >= 0.6 is 11.8 Å². The first-order valence-electron chi connectivity index (χ1n) is 9.55. The number of amides is 1. The number of hydrogen-bond donors (Lipinski definition) is 1. The molecule has 4 aromatic rings. The highest BCUT2D eigenvalue weighted by atomic mass is 32.2. The average molecular weight is 403 g/mol. The van der Waals surface area contributed by atoms with Gasteiger partial charge in [0.25, 0.3) is 0 Å². The van der Waals surface area contributed by atoms with Crippen LogP contribution in [-0.2, 0) is 11.2 Å². The molecule has 29 heavy (non-hydrogen) atoms. The van der Waals surface area contributed by atoms with Crippen molar-refractivity contribution in [3.63, 3.8) is 0 Å². The number of nitrogens with one attached hydrogen (secondary N) is 1. The maximum absolute atomic E-state index is 12.5. The zero-order valence-electron chi connectivity index (χ0n) is 16.2. The van der Waals surface area contributed by atoms with Crippen LogP contribution in [0.3, 0.4) is 0 Å². The van der Waals surface area contributed by atoms with E-state index < -0.39 is 0 Å². The molecule has 0 aliphatic heterocycles. The summed E-state index contributed by atoms with van der Waals surface area (Å²) in [5.74, 6) is 1.59. The summed E-state index contributed by atoms with van der Waals surface area (Å²) in [6.07, 6.45) is 2.65. The number of pyridine rings is 1. The molecular formula is C23H22N4OS. The average Bonchev–Trinajstić information content (AvgIpc) is 3.17. The van der Waals surface area contributed by atoms with Crippen LogP contribution in [0.5, 0.6) is 0 Å². The molecule has 0 aliphatic rings. The number of fused-ring (bicyclic) bond motifs is 1. The maximum atomic E-state index is 12.5. The molecule has 4 rings (SSSR count). The third-order valence-electron chi connectivity index (χ3n) is 4.66. The molecule has 146 valence electrons. The second-order valence-electron chi connectivity index (χ2n) is 6.93. The number of carbonyl (C=O) groups is 1. The monoisotopic (exact) mass is 402 g/mol. The van der Waals surface area contributed by atoms with E-state index in [9.17, 15) is 4.79 Å². The van der Waals surface area contributed by atoms with Crippen LogP contribution in [0.2, 0.25) is 0 Å². The Morgan fingerprint density at radius 3 is 2.55 bits per heavy atom. The molecule has 6 heteroatoms. The van der Waals surface area contributed by atoms with Crippen LogP contribution in [0, 0.1) is 5.92 Å². The van der Waals surface area contributed by atoms with Crippen molar-refractivity contribution in [3.05, 3.63) is 90.4 Å². The Balaban J connectivity index is 1.33. The molecule has 0 saturated carbocycles. The summed E-state index contributed by atoms with van der Waals surface area (Å²) in [7, 11) is 0. The SMILES string of the molecule is CC(CSc1ccccc1)C(=O)Nc1ccc(Cc2nnc3ccccn23)cc1. The van der Waals surface area contributed by atoms with Gasteiger partial charge in [-0.15, -0.1) is 22.0 Å². The van der Waals surface area contributed by atoms with Crippen molar-refractivity contribution in [1.82, 2.24) is 14.6 Å². The highest BCUT2D eigenvalue weighted by Crippen LogP contribution is 2.21. The number of carbonyl (C=O) groups excluding carboxylic acids is 1. The lowest BCUT2D eigenvalue weighted by molar-refractivity contribution is -0.118. The predicted molar refractivity (Wildman–Crippen MR) is 117 cm³/mol. The minimum atomic E-state index is -0.0813. The highest BCUT2D eigenvalue weighted by molar-refractivity contribution is 7.99. The summed E-state index contributed by atoms with van der Waals surface area (Å²) in [6, 6.07) is 23.9. The van der Waals surface area contributed by atoms with Gasteiger partial charge in [0.05, 0.1) is 0 Å². The lowest BCUT2D eigenvalue weighted by atomic mass is 10.1. The molecule has 0 aliphatic carbocycles. The number of hydrogen-bond acceptors (Lipinski definition) is 4. The van der Waals surface area contributed by atoms with Gasteiger partial charge in [-0.3, -0.25) is 9.20 Å². The molecule has 1 amide bonds. The molecule has 1 unspecified atom stereocenters. The maximum Gasteiger partial charge on any atom is 0.228 e. The zero-order valence-corrected chi connectivity index (χ0v) is 17.0. The Morgan fingerprint density at radius 1 is 1.00 bits per heavy atom. The van der Waals surface area contributed by atoms with Gasteiger partial charge in [-0.25, -0.2) is 0 Å². The van der Waals surface area contributed by atoms with Crippen LogP contribution < -0.4 is 5.32 Å². The quantitative estimate of drug-likeness (QED) is 0.456. The fourth-order valence-electron chi connectivity index (χ4n) is 2.98. The summed E-state index contributed by atoms with van der Waals surface area (Å²) < 4.78 is 1.99. The highest BCUT2D eigenvalue weighted by Gasteiger charge is 2.14. The molecular weight excluding hydrogens is 380 g/mol. The Hall–Kier alpha value is -3.12. The van der Waals surface area contributed by atoms with Crippen LogP contribution in [0.15, 0.2) is 83.9 Å². The summed E-state index contributed by atoms with van der Waals surface area (Å²) in [6.45, 7) is 1.95. The zero-order chi connectivity index (χ0) is 20.1. The number of nitrogens with zero attached hydrogens (tertiary/aromatic N) is 3. The van der Waals surface area contributed by atoms with Gasteiger partial charge in [0.15, 0.2) is 5.65 Å². The van der Waals surface area contributed by atoms with Gasteiger partial charge in [0.1, 0.15) is 5.82 Å². The van der Waals surface area contributed by atoms with Gasteiger partial charge in [0, 0.05) is 34.9 Å². The Morgan fingerprint density at radius 2 is 1.76 bits per heavy atom. The topological polar surface area (TPSA) is 59.3 Å². The molecule has 2 heterocycles. The molecule has 0 spiro atoms. The van der Waals surface area contributed by atoms with E-state index in [0.29, 0.717) is 6.42 Å².